The van der Waals surface area contributed by atoms with Gasteiger partial charge in [-0.05, 0) is 0 Å². The molecule has 0 aromatic heterocycles. The first-order valence-corrected chi connectivity index (χ1v) is 2.56. The maximum atomic E-state index is 9.77. The predicted octanol–water partition coefficient (Wildman–Crippen LogP) is 0.360. The zero-order chi connectivity index (χ0) is 7.28. The van der Waals surface area contributed by atoms with E-state index < -0.39 is 12.6 Å². The largest absolute Gasteiger partial charge is 0.480 e. The summed E-state index contributed by atoms with van der Waals surface area (Å²) < 4.78 is 4.33. The van der Waals surface area contributed by atoms with Crippen molar-refractivity contribution in [2.24, 2.45) is 0 Å². The highest BCUT2D eigenvalue weighted by atomic mass is 16.6. The van der Waals surface area contributed by atoms with Crippen LogP contribution in [0.15, 0.2) is 0 Å². The third-order valence-corrected chi connectivity index (χ3v) is 0.665. The summed E-state index contributed by atoms with van der Waals surface area (Å²) >= 11 is 0. The van der Waals surface area contributed by atoms with Crippen LogP contribution in [0, 0.1) is 6.29 Å². The molecule has 0 aromatic carbocycles. The molecule has 53 valence electrons. The number of carbonyl (C=O) groups is 1. The first-order valence-electron chi connectivity index (χ1n) is 2.56. The normalized spacial score (nSPS) is 10.1. The second-order valence-electron chi connectivity index (χ2n) is 1.43. The van der Waals surface area contributed by atoms with Crippen molar-refractivity contribution in [2.75, 3.05) is 6.61 Å². The molecule has 4 nitrogen and oxygen atoms in total. The Morgan fingerprint density at radius 2 is 2.11 bits per heavy atom. The summed E-state index contributed by atoms with van der Waals surface area (Å²) in [4.78, 5) is 9.77. The van der Waals surface area contributed by atoms with Gasteiger partial charge in [0.2, 0.25) is 6.29 Å². The molecule has 0 aliphatic carbocycles. The van der Waals surface area contributed by atoms with Crippen LogP contribution >= 0.6 is 0 Å². The molecule has 0 heterocycles. The summed E-state index contributed by atoms with van der Waals surface area (Å²) in [6, 6.07) is 0. The van der Waals surface area contributed by atoms with E-state index in [0.717, 1.165) is 0 Å². The Hall–Kier alpha value is -0.610. The predicted molar refractivity (Wildman–Crippen MR) is 29.1 cm³/mol. The molecule has 1 radical (unpaired) electrons. The van der Waals surface area contributed by atoms with Gasteiger partial charge in [0.1, 0.15) is 6.61 Å². The van der Waals surface area contributed by atoms with E-state index >= 15 is 0 Å². The molecule has 0 atom stereocenters. The van der Waals surface area contributed by atoms with Gasteiger partial charge in [-0.3, -0.25) is 0 Å². The molecular weight excluding hydrogens is 124 g/mol. The monoisotopic (exact) mass is 133 g/mol. The minimum atomic E-state index is -1.09. The van der Waals surface area contributed by atoms with E-state index in [9.17, 15) is 4.79 Å². The van der Waals surface area contributed by atoms with Crippen LogP contribution < -0.4 is 0 Å². The highest BCUT2D eigenvalue weighted by molar-refractivity contribution is 5.68. The summed E-state index contributed by atoms with van der Waals surface area (Å²) in [5.74, 6) is -1.09. The number of aliphatic hydroxyl groups is 1. The molecule has 0 aliphatic rings. The van der Waals surface area contributed by atoms with E-state index in [-0.39, 0.29) is 6.29 Å². The van der Waals surface area contributed by atoms with Crippen molar-refractivity contribution in [3.63, 3.8) is 0 Å². The van der Waals surface area contributed by atoms with Crippen molar-refractivity contribution in [1.82, 2.24) is 0 Å². The van der Waals surface area contributed by atoms with E-state index in [1.165, 1.54) is 0 Å². The Bertz CT molecular complexity index is 91.0. The van der Waals surface area contributed by atoms with Crippen LogP contribution in [0.5, 0.6) is 0 Å². The Labute approximate surface area is 53.1 Å². The van der Waals surface area contributed by atoms with E-state index in [2.05, 4.69) is 4.74 Å². The van der Waals surface area contributed by atoms with Gasteiger partial charge >= 0.3 is 5.97 Å². The van der Waals surface area contributed by atoms with Crippen LogP contribution in [-0.2, 0) is 9.53 Å². The van der Waals surface area contributed by atoms with Crippen molar-refractivity contribution in [1.29, 1.82) is 0 Å². The number of carboxylic acid groups (broad SMARTS) is 1. The van der Waals surface area contributed by atoms with Crippen molar-refractivity contribution in [2.45, 2.75) is 13.3 Å². The van der Waals surface area contributed by atoms with Crippen LogP contribution in [0.3, 0.4) is 0 Å². The molecule has 0 spiro atoms. The molecule has 0 fully saturated rings. The highest BCUT2D eigenvalue weighted by Crippen LogP contribution is 1.99. The number of ether oxygens (including phenoxy) is 1. The standard InChI is InChI=1S/C5H9O4/c1-2-5(8)9-3-4(6)7/h8H,2-3H2,1H3,(H,6,7). The number of aliphatic carboxylic acids is 1. The topological polar surface area (TPSA) is 66.8 Å². The zero-order valence-corrected chi connectivity index (χ0v) is 5.13. The van der Waals surface area contributed by atoms with Gasteiger partial charge in [-0.15, -0.1) is 0 Å². The number of hydrogen-bond donors (Lipinski definition) is 2. The fraction of sp³-hybridized carbons (Fsp3) is 0.600. The van der Waals surface area contributed by atoms with Crippen LogP contribution in [0.1, 0.15) is 13.3 Å². The van der Waals surface area contributed by atoms with E-state index in [0.29, 0.717) is 6.42 Å². The van der Waals surface area contributed by atoms with Gasteiger partial charge in [-0.2, -0.15) is 0 Å². The lowest BCUT2D eigenvalue weighted by atomic mass is 10.5. The first kappa shape index (κ1) is 8.39. The Balaban J connectivity index is 3.16. The smallest absolute Gasteiger partial charge is 0.329 e. The summed E-state index contributed by atoms with van der Waals surface area (Å²) in [6.45, 7) is 1.19. The molecule has 0 saturated carbocycles. The molecule has 2 N–H and O–H groups in total. The molecule has 9 heavy (non-hydrogen) atoms. The molecule has 0 aliphatic heterocycles. The maximum Gasteiger partial charge on any atom is 0.329 e. The third kappa shape index (κ3) is 5.26. The van der Waals surface area contributed by atoms with Crippen molar-refractivity contribution in [3.8, 4) is 0 Å². The Morgan fingerprint density at radius 1 is 1.56 bits per heavy atom. The molecule has 0 aromatic rings. The fourth-order valence-corrected chi connectivity index (χ4v) is 0.247. The average molecular weight is 133 g/mol. The molecule has 0 saturated heterocycles. The van der Waals surface area contributed by atoms with Crippen molar-refractivity contribution >= 4 is 5.97 Å². The molecule has 0 bridgehead atoms. The van der Waals surface area contributed by atoms with E-state index in [1.54, 1.807) is 6.92 Å². The zero-order valence-electron chi connectivity index (χ0n) is 5.13. The van der Waals surface area contributed by atoms with Gasteiger partial charge in [0.15, 0.2) is 0 Å². The van der Waals surface area contributed by atoms with Gasteiger partial charge in [-0.1, -0.05) is 6.92 Å². The molecular formula is C5H9O4. The number of hydrogen-bond acceptors (Lipinski definition) is 3. The van der Waals surface area contributed by atoms with Crippen LogP contribution in [0.4, 0.5) is 0 Å². The van der Waals surface area contributed by atoms with Crippen LogP contribution in [-0.4, -0.2) is 22.8 Å². The summed E-state index contributed by atoms with van der Waals surface area (Å²) in [5.41, 5.74) is 0. The third-order valence-electron chi connectivity index (χ3n) is 0.665. The second-order valence-corrected chi connectivity index (χ2v) is 1.43. The van der Waals surface area contributed by atoms with Gasteiger partial charge in [0.05, 0.1) is 0 Å². The molecule has 0 rings (SSSR count). The molecule has 0 amide bonds. The van der Waals surface area contributed by atoms with Gasteiger partial charge in [-0.25, -0.2) is 4.79 Å². The molecule has 0 unspecified atom stereocenters. The summed E-state index contributed by atoms with van der Waals surface area (Å²) in [6.07, 6.45) is 0.0881. The Morgan fingerprint density at radius 3 is 2.44 bits per heavy atom. The number of rotatable bonds is 4. The fourth-order valence-electron chi connectivity index (χ4n) is 0.247. The lowest BCUT2D eigenvalue weighted by molar-refractivity contribution is -0.145. The van der Waals surface area contributed by atoms with Crippen molar-refractivity contribution in [3.05, 3.63) is 6.29 Å². The van der Waals surface area contributed by atoms with Crippen molar-refractivity contribution < 1.29 is 19.7 Å². The minimum absolute atomic E-state index is 0.239. The van der Waals surface area contributed by atoms with Gasteiger partial charge in [0.25, 0.3) is 0 Å². The van der Waals surface area contributed by atoms with Gasteiger partial charge in [0, 0.05) is 6.42 Å². The number of carboxylic acids is 1. The highest BCUT2D eigenvalue weighted by Gasteiger charge is 2.04. The average Bonchev–Trinajstić information content (AvgIpc) is 1.83. The van der Waals surface area contributed by atoms with Crippen LogP contribution in [0.2, 0.25) is 0 Å². The quantitative estimate of drug-likeness (QED) is 0.581. The lowest BCUT2D eigenvalue weighted by Gasteiger charge is -2.02. The summed E-state index contributed by atoms with van der Waals surface area (Å²) in [5, 5.41) is 16.5. The lowest BCUT2D eigenvalue weighted by Crippen LogP contribution is -2.10. The van der Waals surface area contributed by atoms with E-state index in [1.807, 2.05) is 0 Å². The summed E-state index contributed by atoms with van der Waals surface area (Å²) in [7, 11) is 0. The van der Waals surface area contributed by atoms with Gasteiger partial charge < -0.3 is 14.9 Å². The second kappa shape index (κ2) is 4.29. The molecule has 4 heteroatoms. The first-order chi connectivity index (χ1) is 4.16. The van der Waals surface area contributed by atoms with Crippen LogP contribution in [0.25, 0.3) is 0 Å². The number of aliphatic hydroxyl groups excluding tert-OH is 1. The van der Waals surface area contributed by atoms with E-state index in [4.69, 9.17) is 10.2 Å². The Kier molecular flexibility index (Phi) is 4.00. The SMILES string of the molecule is CC[C](O)OCC(=O)O. The minimum Gasteiger partial charge on any atom is -0.480 e. The maximum absolute atomic E-state index is 9.77.